The summed E-state index contributed by atoms with van der Waals surface area (Å²) in [5, 5.41) is 3.64. The molecule has 0 bridgehead atoms. The van der Waals surface area contributed by atoms with Gasteiger partial charge in [-0.2, -0.15) is 0 Å². The highest BCUT2D eigenvalue weighted by atomic mass is 35.5. The zero-order valence-electron chi connectivity index (χ0n) is 14.1. The van der Waals surface area contributed by atoms with Crippen molar-refractivity contribution >= 4 is 52.3 Å². The molecule has 0 fully saturated rings. The highest BCUT2D eigenvalue weighted by molar-refractivity contribution is 7.80. The van der Waals surface area contributed by atoms with Gasteiger partial charge in [0.1, 0.15) is 5.75 Å². The van der Waals surface area contributed by atoms with E-state index in [0.29, 0.717) is 22.2 Å². The molecule has 0 radical (unpaired) electrons. The Morgan fingerprint density at radius 2 is 1.67 bits per heavy atom. The summed E-state index contributed by atoms with van der Waals surface area (Å²) in [5.74, 6) is -0.248. The second kappa shape index (κ2) is 10.7. The van der Waals surface area contributed by atoms with Crippen molar-refractivity contribution in [3.05, 3.63) is 64.1 Å². The average molecular weight is 426 g/mol. The van der Waals surface area contributed by atoms with Gasteiger partial charge in [0.15, 0.2) is 11.7 Å². The van der Waals surface area contributed by atoms with E-state index in [0.717, 1.165) is 5.56 Å². The van der Waals surface area contributed by atoms with Gasteiger partial charge in [0.25, 0.3) is 5.91 Å². The Labute approximate surface area is 172 Å². The number of nitrogens with one attached hydrogen (secondary N) is 3. The van der Waals surface area contributed by atoms with Gasteiger partial charge in [-0.15, -0.1) is 0 Å². The molecule has 0 saturated heterocycles. The Bertz CT molecular complexity index is 816. The fraction of sp³-hybridized carbons (Fsp3) is 0.167. The molecule has 0 saturated carbocycles. The van der Waals surface area contributed by atoms with E-state index in [4.69, 9.17) is 40.2 Å². The largest absolute Gasteiger partial charge is 0.484 e. The summed E-state index contributed by atoms with van der Waals surface area (Å²) in [6.45, 7) is -0.225. The second-order valence-electron chi connectivity index (χ2n) is 5.38. The minimum Gasteiger partial charge on any atom is -0.484 e. The fourth-order valence-corrected chi connectivity index (χ4v) is 2.53. The lowest BCUT2D eigenvalue weighted by Gasteiger charge is -2.11. The Morgan fingerprint density at radius 3 is 2.37 bits per heavy atom. The molecular formula is C18H17Cl2N3O3S. The normalized spacial score (nSPS) is 10.0. The van der Waals surface area contributed by atoms with Crippen LogP contribution in [0.15, 0.2) is 48.5 Å². The molecule has 0 spiro atoms. The molecule has 0 atom stereocenters. The van der Waals surface area contributed by atoms with Crippen LogP contribution in [0.1, 0.15) is 12.0 Å². The van der Waals surface area contributed by atoms with Crippen molar-refractivity contribution < 1.29 is 14.3 Å². The van der Waals surface area contributed by atoms with Crippen molar-refractivity contribution in [3.63, 3.8) is 0 Å². The number of benzene rings is 2. The summed E-state index contributed by atoms with van der Waals surface area (Å²) >= 11 is 16.8. The van der Waals surface area contributed by atoms with Crippen molar-refractivity contribution in [2.45, 2.75) is 12.8 Å². The van der Waals surface area contributed by atoms with Crippen molar-refractivity contribution in [2.24, 2.45) is 0 Å². The van der Waals surface area contributed by atoms with Crippen molar-refractivity contribution in [1.29, 1.82) is 0 Å². The van der Waals surface area contributed by atoms with Crippen LogP contribution in [0.4, 0.5) is 0 Å². The summed E-state index contributed by atoms with van der Waals surface area (Å²) in [4.78, 5) is 23.6. The van der Waals surface area contributed by atoms with Gasteiger partial charge in [-0.3, -0.25) is 20.4 Å². The van der Waals surface area contributed by atoms with Crippen LogP contribution in [0.3, 0.4) is 0 Å². The van der Waals surface area contributed by atoms with Gasteiger partial charge in [-0.1, -0.05) is 41.4 Å². The predicted molar refractivity (Wildman–Crippen MR) is 109 cm³/mol. The fourth-order valence-electron chi connectivity index (χ4n) is 2.01. The van der Waals surface area contributed by atoms with Crippen LogP contribution < -0.4 is 20.9 Å². The molecule has 3 N–H and O–H groups in total. The van der Waals surface area contributed by atoms with E-state index in [9.17, 15) is 9.59 Å². The quantitative estimate of drug-likeness (QED) is 0.489. The molecule has 2 rings (SSSR count). The van der Waals surface area contributed by atoms with Gasteiger partial charge < -0.3 is 10.1 Å². The molecule has 0 aliphatic carbocycles. The molecule has 0 aliphatic heterocycles. The van der Waals surface area contributed by atoms with E-state index in [1.54, 1.807) is 30.3 Å². The zero-order chi connectivity index (χ0) is 19.6. The topological polar surface area (TPSA) is 79.5 Å². The first-order valence-electron chi connectivity index (χ1n) is 7.94. The SMILES string of the molecule is O=C(COc1ccc(Cl)cc1)NNC(=S)NC(=O)CCc1ccccc1Cl. The summed E-state index contributed by atoms with van der Waals surface area (Å²) in [7, 11) is 0. The number of ether oxygens (including phenoxy) is 1. The first kappa shape index (κ1) is 21.0. The summed E-state index contributed by atoms with van der Waals surface area (Å²) < 4.78 is 5.28. The average Bonchev–Trinajstić information content (AvgIpc) is 2.65. The lowest BCUT2D eigenvalue weighted by Crippen LogP contribution is -2.49. The van der Waals surface area contributed by atoms with Crippen LogP contribution in [0.2, 0.25) is 10.0 Å². The standard InChI is InChI=1S/C18H17Cl2N3O3S/c19-13-6-8-14(9-7-13)26-11-17(25)22-23-18(27)21-16(24)10-5-12-3-1-2-4-15(12)20/h1-4,6-9H,5,10-11H2,(H,22,25)(H2,21,23,24,27). The number of rotatable bonds is 6. The van der Waals surface area contributed by atoms with Gasteiger partial charge in [-0.05, 0) is 54.5 Å². The van der Waals surface area contributed by atoms with E-state index in [2.05, 4.69) is 16.2 Å². The molecular weight excluding hydrogens is 409 g/mol. The van der Waals surface area contributed by atoms with Crippen molar-refractivity contribution in [3.8, 4) is 5.75 Å². The molecule has 27 heavy (non-hydrogen) atoms. The Balaban J connectivity index is 1.64. The van der Waals surface area contributed by atoms with Gasteiger partial charge in [-0.25, -0.2) is 0 Å². The highest BCUT2D eigenvalue weighted by Crippen LogP contribution is 2.16. The summed E-state index contributed by atoms with van der Waals surface area (Å²) in [6, 6.07) is 13.9. The first-order chi connectivity index (χ1) is 12.9. The molecule has 0 aliphatic rings. The van der Waals surface area contributed by atoms with Gasteiger partial charge in [0.05, 0.1) is 0 Å². The summed E-state index contributed by atoms with van der Waals surface area (Å²) in [5.41, 5.74) is 5.65. The van der Waals surface area contributed by atoms with E-state index in [1.165, 1.54) is 0 Å². The number of aryl methyl sites for hydroxylation is 1. The van der Waals surface area contributed by atoms with E-state index < -0.39 is 5.91 Å². The van der Waals surface area contributed by atoms with Crippen LogP contribution in [-0.4, -0.2) is 23.5 Å². The Hall–Kier alpha value is -2.35. The lowest BCUT2D eigenvalue weighted by atomic mass is 10.1. The maximum atomic E-state index is 11.9. The molecule has 2 amide bonds. The smallest absolute Gasteiger partial charge is 0.276 e. The maximum absolute atomic E-state index is 11.9. The minimum atomic E-state index is -0.461. The van der Waals surface area contributed by atoms with Crippen molar-refractivity contribution in [2.75, 3.05) is 6.61 Å². The lowest BCUT2D eigenvalue weighted by molar-refractivity contribution is -0.124. The third-order valence-electron chi connectivity index (χ3n) is 3.33. The minimum absolute atomic E-state index is 0.0148. The van der Waals surface area contributed by atoms with E-state index in [-0.39, 0.29) is 24.0 Å². The molecule has 6 nitrogen and oxygen atoms in total. The number of amides is 2. The van der Waals surface area contributed by atoms with Crippen LogP contribution in [0.25, 0.3) is 0 Å². The number of hydrogen-bond donors (Lipinski definition) is 3. The van der Waals surface area contributed by atoms with Crippen LogP contribution >= 0.6 is 35.4 Å². The molecule has 142 valence electrons. The Kier molecular flexibility index (Phi) is 8.32. The van der Waals surface area contributed by atoms with E-state index >= 15 is 0 Å². The molecule has 2 aromatic rings. The number of halogens is 2. The van der Waals surface area contributed by atoms with Gasteiger partial charge >= 0.3 is 0 Å². The number of thiocarbonyl (C=S) groups is 1. The number of hydrogen-bond acceptors (Lipinski definition) is 4. The van der Waals surface area contributed by atoms with Gasteiger partial charge in [0.2, 0.25) is 5.91 Å². The molecule has 9 heteroatoms. The summed E-state index contributed by atoms with van der Waals surface area (Å²) in [6.07, 6.45) is 0.689. The predicted octanol–water partition coefficient (Wildman–Crippen LogP) is 3.03. The number of hydrazine groups is 1. The third-order valence-corrected chi connectivity index (χ3v) is 4.16. The number of carbonyl (C=O) groups excluding carboxylic acids is 2. The monoisotopic (exact) mass is 425 g/mol. The molecule has 2 aromatic carbocycles. The molecule has 0 heterocycles. The van der Waals surface area contributed by atoms with Gasteiger partial charge in [0, 0.05) is 16.5 Å². The molecule has 0 unspecified atom stereocenters. The first-order valence-corrected chi connectivity index (χ1v) is 9.11. The van der Waals surface area contributed by atoms with Crippen LogP contribution in [-0.2, 0) is 16.0 Å². The second-order valence-corrected chi connectivity index (χ2v) is 6.64. The zero-order valence-corrected chi connectivity index (χ0v) is 16.5. The maximum Gasteiger partial charge on any atom is 0.276 e. The highest BCUT2D eigenvalue weighted by Gasteiger charge is 2.08. The Morgan fingerprint density at radius 1 is 0.963 bits per heavy atom. The van der Waals surface area contributed by atoms with Crippen LogP contribution in [0, 0.1) is 0 Å². The van der Waals surface area contributed by atoms with E-state index in [1.807, 2.05) is 18.2 Å². The molecule has 0 aromatic heterocycles. The third kappa shape index (κ3) is 7.82. The number of carbonyl (C=O) groups is 2. The van der Waals surface area contributed by atoms with Crippen molar-refractivity contribution in [1.82, 2.24) is 16.2 Å². The van der Waals surface area contributed by atoms with Crippen LogP contribution in [0.5, 0.6) is 5.75 Å².